The maximum absolute atomic E-state index is 13.4. The average molecular weight is 230 g/mol. The summed E-state index contributed by atoms with van der Waals surface area (Å²) in [6.07, 6.45) is 0. The first-order chi connectivity index (χ1) is 7.33. The molecule has 0 aliphatic rings. The number of nitrogens with two attached hydrogens (primary N) is 1. The molecular weight excluding hydrogens is 214 g/mol. The Balaban J connectivity index is 2.86. The Morgan fingerprint density at radius 1 is 1.31 bits per heavy atom. The fourth-order valence-electron chi connectivity index (χ4n) is 1.14. The van der Waals surface area contributed by atoms with Gasteiger partial charge in [0.1, 0.15) is 5.82 Å². The number of nitrogens with one attached hydrogen (secondary N) is 1. The Bertz CT molecular complexity index is 375. The van der Waals surface area contributed by atoms with Gasteiger partial charge in [0.25, 0.3) is 0 Å². The van der Waals surface area contributed by atoms with Crippen molar-refractivity contribution in [3.8, 4) is 5.75 Å². The smallest absolute Gasteiger partial charge is 0.167 e. The zero-order valence-corrected chi connectivity index (χ0v) is 9.60. The van der Waals surface area contributed by atoms with Crippen molar-refractivity contribution < 1.29 is 13.5 Å². The largest absolute Gasteiger partial charge is 0.494 e. The molecule has 0 spiro atoms. The van der Waals surface area contributed by atoms with E-state index in [1.54, 1.807) is 13.8 Å². The van der Waals surface area contributed by atoms with Crippen LogP contribution in [0.4, 0.5) is 14.5 Å². The second-order valence-corrected chi connectivity index (χ2v) is 4.31. The number of halogens is 2. The van der Waals surface area contributed by atoms with Crippen LogP contribution >= 0.6 is 0 Å². The maximum atomic E-state index is 13.4. The Morgan fingerprint density at radius 2 is 1.94 bits per heavy atom. The molecule has 0 bridgehead atoms. The monoisotopic (exact) mass is 230 g/mol. The SMILES string of the molecule is COc1cc(F)c(NCC(C)(C)N)cc1F. The predicted molar refractivity (Wildman–Crippen MR) is 59.7 cm³/mol. The summed E-state index contributed by atoms with van der Waals surface area (Å²) in [5.41, 5.74) is 5.31. The summed E-state index contributed by atoms with van der Waals surface area (Å²) in [5.74, 6) is -1.29. The third-order valence-electron chi connectivity index (χ3n) is 1.98. The molecule has 3 N–H and O–H groups in total. The highest BCUT2D eigenvalue weighted by atomic mass is 19.1. The molecule has 0 heterocycles. The van der Waals surface area contributed by atoms with Crippen LogP contribution in [-0.4, -0.2) is 19.2 Å². The summed E-state index contributed by atoms with van der Waals surface area (Å²) in [7, 11) is 1.29. The molecule has 1 aromatic rings. The topological polar surface area (TPSA) is 47.3 Å². The Kier molecular flexibility index (Phi) is 3.70. The van der Waals surface area contributed by atoms with Gasteiger partial charge in [-0.1, -0.05) is 0 Å². The van der Waals surface area contributed by atoms with Crippen molar-refractivity contribution in [3.05, 3.63) is 23.8 Å². The van der Waals surface area contributed by atoms with Crippen molar-refractivity contribution in [2.24, 2.45) is 5.73 Å². The van der Waals surface area contributed by atoms with Crippen LogP contribution in [0.1, 0.15) is 13.8 Å². The van der Waals surface area contributed by atoms with Gasteiger partial charge in [-0.2, -0.15) is 0 Å². The van der Waals surface area contributed by atoms with Crippen molar-refractivity contribution in [3.63, 3.8) is 0 Å². The van der Waals surface area contributed by atoms with Gasteiger partial charge in [-0.25, -0.2) is 8.78 Å². The molecule has 0 atom stereocenters. The molecule has 1 aromatic carbocycles. The van der Waals surface area contributed by atoms with Crippen LogP contribution in [0.25, 0.3) is 0 Å². The van der Waals surface area contributed by atoms with E-state index in [1.807, 2.05) is 0 Å². The highest BCUT2D eigenvalue weighted by Crippen LogP contribution is 2.24. The highest BCUT2D eigenvalue weighted by Gasteiger charge is 2.14. The van der Waals surface area contributed by atoms with E-state index in [0.29, 0.717) is 6.54 Å². The molecule has 0 aliphatic heterocycles. The number of methoxy groups -OCH3 is 1. The molecule has 16 heavy (non-hydrogen) atoms. The third kappa shape index (κ3) is 3.34. The van der Waals surface area contributed by atoms with E-state index in [0.717, 1.165) is 12.1 Å². The minimum Gasteiger partial charge on any atom is -0.494 e. The van der Waals surface area contributed by atoms with E-state index in [2.05, 4.69) is 10.1 Å². The molecule has 90 valence electrons. The minimum atomic E-state index is -0.610. The van der Waals surface area contributed by atoms with Crippen molar-refractivity contribution in [2.75, 3.05) is 19.0 Å². The Labute approximate surface area is 93.6 Å². The summed E-state index contributed by atoms with van der Waals surface area (Å²) < 4.78 is 31.4. The number of benzene rings is 1. The van der Waals surface area contributed by atoms with E-state index >= 15 is 0 Å². The van der Waals surface area contributed by atoms with E-state index < -0.39 is 17.2 Å². The van der Waals surface area contributed by atoms with Gasteiger partial charge in [-0.15, -0.1) is 0 Å². The van der Waals surface area contributed by atoms with Crippen LogP contribution in [0.2, 0.25) is 0 Å². The number of rotatable bonds is 4. The predicted octanol–water partition coefficient (Wildman–Crippen LogP) is 2.12. The van der Waals surface area contributed by atoms with Crippen LogP contribution in [0.5, 0.6) is 5.75 Å². The number of hydrogen-bond acceptors (Lipinski definition) is 3. The number of anilines is 1. The average Bonchev–Trinajstić information content (AvgIpc) is 2.17. The summed E-state index contributed by atoms with van der Waals surface area (Å²) in [4.78, 5) is 0. The minimum absolute atomic E-state index is 0.0804. The normalized spacial score (nSPS) is 11.4. The van der Waals surface area contributed by atoms with Crippen LogP contribution in [0, 0.1) is 11.6 Å². The van der Waals surface area contributed by atoms with Crippen LogP contribution in [-0.2, 0) is 0 Å². The summed E-state index contributed by atoms with van der Waals surface area (Å²) in [6.45, 7) is 3.92. The van der Waals surface area contributed by atoms with Crippen LogP contribution in [0.15, 0.2) is 12.1 Å². The molecule has 0 saturated heterocycles. The molecule has 0 radical (unpaired) electrons. The van der Waals surface area contributed by atoms with Crippen molar-refractivity contribution in [1.82, 2.24) is 0 Å². The number of hydrogen-bond donors (Lipinski definition) is 2. The lowest BCUT2D eigenvalue weighted by Gasteiger charge is -2.20. The summed E-state index contributed by atoms with van der Waals surface area (Å²) in [5, 5.41) is 2.75. The first kappa shape index (κ1) is 12.7. The summed E-state index contributed by atoms with van der Waals surface area (Å²) >= 11 is 0. The molecule has 0 fully saturated rings. The third-order valence-corrected chi connectivity index (χ3v) is 1.98. The zero-order valence-electron chi connectivity index (χ0n) is 9.60. The molecule has 5 heteroatoms. The fourth-order valence-corrected chi connectivity index (χ4v) is 1.14. The van der Waals surface area contributed by atoms with Gasteiger partial charge in [0.15, 0.2) is 11.6 Å². The van der Waals surface area contributed by atoms with Crippen molar-refractivity contribution >= 4 is 5.69 Å². The second-order valence-electron chi connectivity index (χ2n) is 4.31. The Hall–Kier alpha value is -1.36. The van der Waals surface area contributed by atoms with Gasteiger partial charge >= 0.3 is 0 Å². The molecule has 0 aliphatic carbocycles. The molecule has 1 rings (SSSR count). The van der Waals surface area contributed by atoms with E-state index in [4.69, 9.17) is 5.73 Å². The van der Waals surface area contributed by atoms with Crippen LogP contribution < -0.4 is 15.8 Å². The van der Waals surface area contributed by atoms with E-state index in [-0.39, 0.29) is 11.4 Å². The molecular formula is C11H16F2N2O. The van der Waals surface area contributed by atoms with Crippen molar-refractivity contribution in [2.45, 2.75) is 19.4 Å². The molecule has 0 saturated carbocycles. The van der Waals surface area contributed by atoms with Gasteiger partial charge in [0, 0.05) is 24.2 Å². The van der Waals surface area contributed by atoms with E-state index in [9.17, 15) is 8.78 Å². The fraction of sp³-hybridized carbons (Fsp3) is 0.455. The number of ether oxygens (including phenoxy) is 1. The molecule has 0 unspecified atom stereocenters. The lowest BCUT2D eigenvalue weighted by atomic mass is 10.1. The molecule has 0 amide bonds. The van der Waals surface area contributed by atoms with Gasteiger partial charge in [-0.05, 0) is 13.8 Å². The highest BCUT2D eigenvalue weighted by molar-refractivity contribution is 5.49. The molecule has 3 nitrogen and oxygen atoms in total. The van der Waals surface area contributed by atoms with E-state index in [1.165, 1.54) is 7.11 Å². The van der Waals surface area contributed by atoms with Crippen LogP contribution in [0.3, 0.4) is 0 Å². The quantitative estimate of drug-likeness (QED) is 0.833. The van der Waals surface area contributed by atoms with Gasteiger partial charge in [0.2, 0.25) is 0 Å². The van der Waals surface area contributed by atoms with Gasteiger partial charge in [0.05, 0.1) is 12.8 Å². The first-order valence-corrected chi connectivity index (χ1v) is 4.89. The van der Waals surface area contributed by atoms with Crippen molar-refractivity contribution in [1.29, 1.82) is 0 Å². The van der Waals surface area contributed by atoms with Gasteiger partial charge in [-0.3, -0.25) is 0 Å². The maximum Gasteiger partial charge on any atom is 0.167 e. The molecule has 0 aromatic heterocycles. The Morgan fingerprint density at radius 3 is 2.44 bits per heavy atom. The first-order valence-electron chi connectivity index (χ1n) is 4.89. The van der Waals surface area contributed by atoms with Gasteiger partial charge < -0.3 is 15.8 Å². The lowest BCUT2D eigenvalue weighted by Crippen LogP contribution is -2.39. The lowest BCUT2D eigenvalue weighted by molar-refractivity contribution is 0.383. The summed E-state index contributed by atoms with van der Waals surface area (Å²) in [6, 6.07) is 2.06. The second kappa shape index (κ2) is 4.65. The standard InChI is InChI=1S/C11H16F2N2O/c1-11(2,14)6-15-9-4-8(13)10(16-3)5-7(9)12/h4-5,15H,6,14H2,1-3H3. The zero-order chi connectivity index (χ0) is 12.3.